The van der Waals surface area contributed by atoms with Crippen LogP contribution in [0, 0.1) is 11.3 Å². The predicted octanol–water partition coefficient (Wildman–Crippen LogP) is 0.670. The molecule has 16 heavy (non-hydrogen) atoms. The van der Waals surface area contributed by atoms with E-state index in [0.29, 0.717) is 0 Å². The molecule has 0 N–H and O–H groups in total. The molecule has 1 fully saturated rings. The number of cyclic esters (lactones) is 1. The first-order valence-corrected chi connectivity index (χ1v) is 4.65. The second-order valence-electron chi connectivity index (χ2n) is 4.11. The molecule has 1 rings (SSSR count). The normalized spacial score (nSPS) is 19.4. The fourth-order valence-corrected chi connectivity index (χ4v) is 1.25. The molecule has 0 aliphatic carbocycles. The summed E-state index contributed by atoms with van der Waals surface area (Å²) >= 11 is 0. The number of carbonyl (C=O) groups excluding carboxylic acids is 2. The van der Waals surface area contributed by atoms with Crippen LogP contribution in [-0.2, 0) is 9.53 Å². The summed E-state index contributed by atoms with van der Waals surface area (Å²) in [6.45, 7) is 2.97. The third-order valence-electron chi connectivity index (χ3n) is 1.98. The van der Waals surface area contributed by atoms with Gasteiger partial charge in [-0.15, -0.1) is 0 Å². The average Bonchev–Trinajstić information content (AvgIpc) is 2.33. The fraction of sp³-hybridized carbons (Fsp3) is 0.500. The van der Waals surface area contributed by atoms with E-state index in [1.54, 1.807) is 25.1 Å². The number of imide groups is 1. The summed E-state index contributed by atoms with van der Waals surface area (Å²) in [6, 6.07) is 1.80. The van der Waals surface area contributed by atoms with E-state index in [1.807, 2.05) is 0 Å². The van der Waals surface area contributed by atoms with Crippen molar-refractivity contribution < 1.29 is 14.3 Å². The van der Waals surface area contributed by atoms with Gasteiger partial charge in [0.25, 0.3) is 5.91 Å². The van der Waals surface area contributed by atoms with Gasteiger partial charge in [0.05, 0.1) is 0 Å². The van der Waals surface area contributed by atoms with E-state index < -0.39 is 17.6 Å². The van der Waals surface area contributed by atoms with Crippen molar-refractivity contribution in [2.75, 3.05) is 14.1 Å². The van der Waals surface area contributed by atoms with E-state index in [4.69, 9.17) is 10.00 Å². The van der Waals surface area contributed by atoms with Crippen molar-refractivity contribution in [1.29, 1.82) is 5.26 Å². The Morgan fingerprint density at radius 2 is 2.06 bits per heavy atom. The van der Waals surface area contributed by atoms with Crippen LogP contribution in [0.4, 0.5) is 4.79 Å². The monoisotopic (exact) mass is 223 g/mol. The summed E-state index contributed by atoms with van der Waals surface area (Å²) in [5, 5.41) is 8.89. The average molecular weight is 223 g/mol. The largest absolute Gasteiger partial charge is 0.433 e. The Hall–Kier alpha value is -2.03. The number of hydrogen-bond donors (Lipinski definition) is 0. The summed E-state index contributed by atoms with van der Waals surface area (Å²) in [7, 11) is 3.38. The summed E-state index contributed by atoms with van der Waals surface area (Å²) in [5.74, 6) is -0.535. The first-order chi connectivity index (χ1) is 7.29. The zero-order valence-corrected chi connectivity index (χ0v) is 9.64. The van der Waals surface area contributed by atoms with Crippen molar-refractivity contribution in [3.05, 3.63) is 11.9 Å². The first kappa shape index (κ1) is 12.0. The molecular formula is C10H13N3O3. The van der Waals surface area contributed by atoms with Crippen LogP contribution in [0.3, 0.4) is 0 Å². The smallest absolute Gasteiger partial charge is 0.423 e. The minimum Gasteiger partial charge on any atom is -0.433 e. The van der Waals surface area contributed by atoms with Gasteiger partial charge >= 0.3 is 6.09 Å². The van der Waals surface area contributed by atoms with Crippen molar-refractivity contribution in [2.45, 2.75) is 19.4 Å². The van der Waals surface area contributed by atoms with Gasteiger partial charge < -0.3 is 9.64 Å². The summed E-state index contributed by atoms with van der Waals surface area (Å²) in [4.78, 5) is 25.6. The summed E-state index contributed by atoms with van der Waals surface area (Å²) in [5.41, 5.74) is -1.26. The Bertz CT molecular complexity index is 404. The molecule has 0 aromatic rings. The standard InChI is InChI=1S/C10H13N3O3/c1-10(2)8(14)13(9(15)16-10)7(5-11)6-12(3)4/h6H,1-4H3. The van der Waals surface area contributed by atoms with Gasteiger partial charge in [-0.2, -0.15) is 5.26 Å². The number of rotatable bonds is 2. The van der Waals surface area contributed by atoms with Crippen molar-refractivity contribution in [3.8, 4) is 6.07 Å². The number of ether oxygens (including phenoxy) is 1. The van der Waals surface area contributed by atoms with Gasteiger partial charge in [0, 0.05) is 20.3 Å². The van der Waals surface area contributed by atoms with Gasteiger partial charge in [-0.1, -0.05) is 0 Å². The predicted molar refractivity (Wildman–Crippen MR) is 54.8 cm³/mol. The highest BCUT2D eigenvalue weighted by Gasteiger charge is 2.48. The Kier molecular flexibility index (Phi) is 2.90. The lowest BCUT2D eigenvalue weighted by molar-refractivity contribution is -0.133. The van der Waals surface area contributed by atoms with E-state index in [9.17, 15) is 9.59 Å². The molecule has 2 amide bonds. The van der Waals surface area contributed by atoms with Gasteiger partial charge in [0.15, 0.2) is 5.60 Å². The molecule has 0 aromatic carbocycles. The molecule has 0 radical (unpaired) electrons. The van der Waals surface area contributed by atoms with Crippen LogP contribution < -0.4 is 0 Å². The molecule has 0 atom stereocenters. The molecule has 0 saturated carbocycles. The van der Waals surface area contributed by atoms with Crippen LogP contribution in [0.1, 0.15) is 13.8 Å². The lowest BCUT2D eigenvalue weighted by Gasteiger charge is -2.14. The minimum atomic E-state index is -1.21. The minimum absolute atomic E-state index is 0.0504. The van der Waals surface area contributed by atoms with E-state index in [1.165, 1.54) is 20.0 Å². The molecule has 0 bridgehead atoms. The molecular weight excluding hydrogens is 210 g/mol. The van der Waals surface area contributed by atoms with Crippen LogP contribution in [0.2, 0.25) is 0 Å². The van der Waals surface area contributed by atoms with Gasteiger partial charge in [-0.3, -0.25) is 4.79 Å². The maximum absolute atomic E-state index is 11.8. The Balaban J connectivity index is 3.11. The SMILES string of the molecule is CN(C)C=C(C#N)N1C(=O)OC(C)(C)C1=O. The van der Waals surface area contributed by atoms with E-state index in [-0.39, 0.29) is 5.70 Å². The molecule has 1 heterocycles. The third-order valence-corrected chi connectivity index (χ3v) is 1.98. The molecule has 0 unspecified atom stereocenters. The number of carbonyl (C=O) groups is 2. The highest BCUT2D eigenvalue weighted by atomic mass is 16.6. The second kappa shape index (κ2) is 3.85. The van der Waals surface area contributed by atoms with Gasteiger partial charge in [0.2, 0.25) is 0 Å². The van der Waals surface area contributed by atoms with Crippen LogP contribution in [0.15, 0.2) is 11.9 Å². The van der Waals surface area contributed by atoms with Crippen LogP contribution >= 0.6 is 0 Å². The number of nitrogens with zero attached hydrogens (tertiary/aromatic N) is 3. The lowest BCUT2D eigenvalue weighted by Crippen LogP contribution is -2.35. The topological polar surface area (TPSA) is 73.6 Å². The second-order valence-corrected chi connectivity index (χ2v) is 4.11. The molecule has 6 nitrogen and oxygen atoms in total. The third kappa shape index (κ3) is 1.98. The lowest BCUT2D eigenvalue weighted by atomic mass is 10.1. The molecule has 1 aliphatic rings. The summed E-state index contributed by atoms with van der Waals surface area (Å²) in [6.07, 6.45) is 0.574. The highest BCUT2D eigenvalue weighted by Crippen LogP contribution is 2.26. The van der Waals surface area contributed by atoms with E-state index >= 15 is 0 Å². The molecule has 6 heteroatoms. The number of amides is 2. The van der Waals surface area contributed by atoms with Crippen molar-refractivity contribution in [2.24, 2.45) is 0 Å². The molecule has 1 saturated heterocycles. The molecule has 86 valence electrons. The zero-order valence-electron chi connectivity index (χ0n) is 9.64. The molecule has 1 aliphatic heterocycles. The Labute approximate surface area is 93.7 Å². The Morgan fingerprint density at radius 1 is 1.50 bits per heavy atom. The van der Waals surface area contributed by atoms with Crippen molar-refractivity contribution in [1.82, 2.24) is 9.80 Å². The number of hydrogen-bond acceptors (Lipinski definition) is 5. The highest BCUT2D eigenvalue weighted by molar-refractivity contribution is 6.04. The molecule has 0 spiro atoms. The van der Waals surface area contributed by atoms with Crippen molar-refractivity contribution in [3.63, 3.8) is 0 Å². The van der Waals surface area contributed by atoms with E-state index in [0.717, 1.165) is 4.90 Å². The van der Waals surface area contributed by atoms with Crippen molar-refractivity contribution >= 4 is 12.0 Å². The fourth-order valence-electron chi connectivity index (χ4n) is 1.25. The first-order valence-electron chi connectivity index (χ1n) is 4.65. The van der Waals surface area contributed by atoms with Crippen LogP contribution in [-0.4, -0.2) is 41.5 Å². The number of nitriles is 1. The maximum atomic E-state index is 11.8. The summed E-state index contributed by atoms with van der Waals surface area (Å²) < 4.78 is 4.86. The van der Waals surface area contributed by atoms with Gasteiger partial charge in [0.1, 0.15) is 11.8 Å². The van der Waals surface area contributed by atoms with Crippen LogP contribution in [0.5, 0.6) is 0 Å². The van der Waals surface area contributed by atoms with E-state index in [2.05, 4.69) is 0 Å². The zero-order chi connectivity index (χ0) is 12.5. The van der Waals surface area contributed by atoms with Crippen LogP contribution in [0.25, 0.3) is 0 Å². The maximum Gasteiger partial charge on any atom is 0.423 e. The van der Waals surface area contributed by atoms with Gasteiger partial charge in [-0.05, 0) is 13.8 Å². The number of allylic oxidation sites excluding steroid dienone is 1. The quantitative estimate of drug-likeness (QED) is 0.643. The van der Waals surface area contributed by atoms with Gasteiger partial charge in [-0.25, -0.2) is 9.69 Å². The Morgan fingerprint density at radius 3 is 2.38 bits per heavy atom. The molecule has 0 aromatic heterocycles.